The summed E-state index contributed by atoms with van der Waals surface area (Å²) in [5.74, 6) is -1.48. The normalized spacial score (nSPS) is 11.1. The van der Waals surface area contributed by atoms with Crippen molar-refractivity contribution in [3.05, 3.63) is 41.4 Å². The number of halogens is 1. The van der Waals surface area contributed by atoms with Gasteiger partial charge in [0.15, 0.2) is 9.84 Å². The van der Waals surface area contributed by atoms with E-state index in [1.54, 1.807) is 0 Å². The van der Waals surface area contributed by atoms with Crippen LogP contribution >= 0.6 is 11.6 Å². The molecule has 86 valence electrons. The first kappa shape index (κ1) is 12.7. The van der Waals surface area contributed by atoms with Crippen molar-refractivity contribution in [3.63, 3.8) is 0 Å². The number of rotatable bonds is 4. The van der Waals surface area contributed by atoms with Crippen LogP contribution in [0.1, 0.15) is 10.4 Å². The second-order valence-electron chi connectivity index (χ2n) is 3.02. The van der Waals surface area contributed by atoms with Crippen LogP contribution in [0.2, 0.25) is 5.02 Å². The highest BCUT2D eigenvalue weighted by Gasteiger charge is 2.18. The summed E-state index contributed by atoms with van der Waals surface area (Å²) in [6, 6.07) is 3.54. The SMILES string of the molecule is C=CCS(=O)(=O)c1cc(C(=O)O)ccc1Cl. The summed E-state index contributed by atoms with van der Waals surface area (Å²) in [6.45, 7) is 3.32. The standard InChI is InChI=1S/C10H9ClO4S/c1-2-5-16(14,15)9-6-7(10(12)13)3-4-8(9)11/h2-4,6H,1,5H2,(H,12,13). The van der Waals surface area contributed by atoms with E-state index in [4.69, 9.17) is 16.7 Å². The van der Waals surface area contributed by atoms with Crippen LogP contribution in [0.25, 0.3) is 0 Å². The maximum atomic E-state index is 11.7. The average molecular weight is 261 g/mol. The van der Waals surface area contributed by atoms with Gasteiger partial charge in [-0.1, -0.05) is 17.7 Å². The first-order valence-corrected chi connectivity index (χ1v) is 6.28. The Morgan fingerprint density at radius 2 is 2.12 bits per heavy atom. The number of carboxylic acids is 1. The molecule has 0 saturated heterocycles. The summed E-state index contributed by atoms with van der Waals surface area (Å²) in [5.41, 5.74) is -0.118. The topological polar surface area (TPSA) is 71.4 Å². The molecule has 1 aromatic rings. The Kier molecular flexibility index (Phi) is 3.72. The number of carboxylic acid groups (broad SMARTS) is 1. The van der Waals surface area contributed by atoms with Crippen molar-refractivity contribution in [1.82, 2.24) is 0 Å². The maximum Gasteiger partial charge on any atom is 0.335 e. The van der Waals surface area contributed by atoms with Crippen molar-refractivity contribution in [2.24, 2.45) is 0 Å². The fraction of sp³-hybridized carbons (Fsp3) is 0.100. The number of hydrogen-bond donors (Lipinski definition) is 1. The highest BCUT2D eigenvalue weighted by molar-refractivity contribution is 7.91. The molecule has 0 bridgehead atoms. The van der Waals surface area contributed by atoms with Gasteiger partial charge in [0.2, 0.25) is 0 Å². The predicted octanol–water partition coefficient (Wildman–Crippen LogP) is 2.00. The van der Waals surface area contributed by atoms with Crippen molar-refractivity contribution >= 4 is 27.4 Å². The average Bonchev–Trinajstić information content (AvgIpc) is 2.17. The van der Waals surface area contributed by atoms with Gasteiger partial charge >= 0.3 is 5.97 Å². The highest BCUT2D eigenvalue weighted by atomic mass is 35.5. The van der Waals surface area contributed by atoms with Gasteiger partial charge in [0, 0.05) is 0 Å². The van der Waals surface area contributed by atoms with Crippen LogP contribution in [0.5, 0.6) is 0 Å². The Hall–Kier alpha value is -1.33. The number of sulfone groups is 1. The van der Waals surface area contributed by atoms with Gasteiger partial charge in [-0.3, -0.25) is 0 Å². The third-order valence-corrected chi connectivity index (χ3v) is 3.97. The third kappa shape index (κ3) is 2.62. The Labute approximate surface area is 98.1 Å². The van der Waals surface area contributed by atoms with E-state index in [0.717, 1.165) is 6.07 Å². The molecule has 0 aromatic heterocycles. The molecule has 0 fully saturated rings. The van der Waals surface area contributed by atoms with Crippen LogP contribution in [0.15, 0.2) is 35.7 Å². The summed E-state index contributed by atoms with van der Waals surface area (Å²) in [4.78, 5) is 10.5. The monoisotopic (exact) mass is 260 g/mol. The molecule has 0 radical (unpaired) electrons. The van der Waals surface area contributed by atoms with Crippen molar-refractivity contribution in [3.8, 4) is 0 Å². The van der Waals surface area contributed by atoms with E-state index in [1.807, 2.05) is 0 Å². The van der Waals surface area contributed by atoms with Gasteiger partial charge < -0.3 is 5.11 Å². The quantitative estimate of drug-likeness (QED) is 0.841. The van der Waals surface area contributed by atoms with Gasteiger partial charge in [-0.25, -0.2) is 13.2 Å². The van der Waals surface area contributed by atoms with E-state index in [-0.39, 0.29) is 21.2 Å². The first-order valence-electron chi connectivity index (χ1n) is 4.25. The van der Waals surface area contributed by atoms with Crippen molar-refractivity contribution < 1.29 is 18.3 Å². The van der Waals surface area contributed by atoms with Crippen LogP contribution in [-0.4, -0.2) is 25.2 Å². The molecule has 0 amide bonds. The molecule has 1 N–H and O–H groups in total. The van der Waals surface area contributed by atoms with Gasteiger partial charge in [-0.2, -0.15) is 0 Å². The lowest BCUT2D eigenvalue weighted by atomic mass is 10.2. The Balaban J connectivity index is 3.38. The molecule has 1 aromatic carbocycles. The molecule has 0 atom stereocenters. The van der Waals surface area contributed by atoms with E-state index < -0.39 is 15.8 Å². The largest absolute Gasteiger partial charge is 0.478 e. The summed E-state index contributed by atoms with van der Waals surface area (Å²) in [6.07, 6.45) is 1.22. The highest BCUT2D eigenvalue weighted by Crippen LogP contribution is 2.23. The molecule has 0 unspecified atom stereocenters. The van der Waals surface area contributed by atoms with Gasteiger partial charge in [-0.05, 0) is 18.2 Å². The van der Waals surface area contributed by atoms with E-state index in [9.17, 15) is 13.2 Å². The molecule has 6 heteroatoms. The Morgan fingerprint density at radius 1 is 1.50 bits per heavy atom. The van der Waals surface area contributed by atoms with Gasteiger partial charge in [-0.15, -0.1) is 6.58 Å². The zero-order valence-electron chi connectivity index (χ0n) is 8.18. The van der Waals surface area contributed by atoms with E-state index in [1.165, 1.54) is 18.2 Å². The Bertz CT molecular complexity index is 534. The van der Waals surface area contributed by atoms with Crippen LogP contribution in [0.3, 0.4) is 0 Å². The molecular formula is C10H9ClO4S. The lowest BCUT2D eigenvalue weighted by Gasteiger charge is -2.05. The van der Waals surface area contributed by atoms with Gasteiger partial charge in [0.25, 0.3) is 0 Å². The molecule has 1 rings (SSSR count). The van der Waals surface area contributed by atoms with Crippen LogP contribution in [0, 0.1) is 0 Å². The van der Waals surface area contributed by atoms with Crippen LogP contribution < -0.4 is 0 Å². The first-order chi connectivity index (χ1) is 7.38. The van der Waals surface area contributed by atoms with Crippen molar-refractivity contribution in [1.29, 1.82) is 0 Å². The third-order valence-electron chi connectivity index (χ3n) is 1.85. The van der Waals surface area contributed by atoms with Gasteiger partial charge in [0.1, 0.15) is 0 Å². The van der Waals surface area contributed by atoms with Crippen molar-refractivity contribution in [2.45, 2.75) is 4.90 Å². The van der Waals surface area contributed by atoms with Crippen LogP contribution in [-0.2, 0) is 9.84 Å². The zero-order chi connectivity index (χ0) is 12.3. The lowest BCUT2D eigenvalue weighted by molar-refractivity contribution is 0.0696. The number of hydrogen-bond acceptors (Lipinski definition) is 3. The predicted molar refractivity (Wildman–Crippen MR) is 60.7 cm³/mol. The summed E-state index contributed by atoms with van der Waals surface area (Å²) in [7, 11) is -3.61. The fourth-order valence-corrected chi connectivity index (χ4v) is 2.75. The second-order valence-corrected chi connectivity index (χ2v) is 5.43. The van der Waals surface area contributed by atoms with Gasteiger partial charge in [0.05, 0.1) is 21.2 Å². The molecule has 4 nitrogen and oxygen atoms in total. The molecule has 0 aliphatic heterocycles. The second kappa shape index (κ2) is 4.67. The minimum atomic E-state index is -3.61. The maximum absolute atomic E-state index is 11.7. The molecule has 0 heterocycles. The lowest BCUT2D eigenvalue weighted by Crippen LogP contribution is -2.07. The fourth-order valence-electron chi connectivity index (χ4n) is 1.12. The Morgan fingerprint density at radius 3 is 2.62 bits per heavy atom. The molecular weight excluding hydrogens is 252 g/mol. The number of carbonyl (C=O) groups is 1. The summed E-state index contributed by atoms with van der Waals surface area (Å²) < 4.78 is 23.4. The number of benzene rings is 1. The van der Waals surface area contributed by atoms with Crippen LogP contribution in [0.4, 0.5) is 0 Å². The summed E-state index contributed by atoms with van der Waals surface area (Å²) in [5, 5.41) is 8.74. The van der Waals surface area contributed by atoms with E-state index in [2.05, 4.69) is 6.58 Å². The zero-order valence-corrected chi connectivity index (χ0v) is 9.75. The molecule has 0 spiro atoms. The smallest absolute Gasteiger partial charge is 0.335 e. The minimum Gasteiger partial charge on any atom is -0.478 e. The van der Waals surface area contributed by atoms with E-state index in [0.29, 0.717) is 0 Å². The minimum absolute atomic E-state index is 0.00634. The van der Waals surface area contributed by atoms with E-state index >= 15 is 0 Å². The number of aromatic carboxylic acids is 1. The summed E-state index contributed by atoms with van der Waals surface area (Å²) >= 11 is 5.71. The molecule has 16 heavy (non-hydrogen) atoms. The molecule has 0 aliphatic rings. The van der Waals surface area contributed by atoms with Crippen molar-refractivity contribution in [2.75, 3.05) is 5.75 Å². The molecule has 0 saturated carbocycles. The molecule has 0 aliphatic carbocycles.